The molecule has 0 unspecified atom stereocenters. The molecule has 0 atom stereocenters. The van der Waals surface area contributed by atoms with E-state index < -0.39 is 0 Å². The van der Waals surface area contributed by atoms with Crippen LogP contribution >= 0.6 is 15.9 Å². The van der Waals surface area contributed by atoms with Crippen LogP contribution in [0.4, 0.5) is 0 Å². The van der Waals surface area contributed by atoms with Gasteiger partial charge in [0.05, 0.1) is 0 Å². The molecule has 3 nitrogen and oxygen atoms in total. The molecule has 0 saturated carbocycles. The molecule has 0 bridgehead atoms. The largest absolute Gasteiger partial charge is 0.507 e. The summed E-state index contributed by atoms with van der Waals surface area (Å²) in [5, 5.41) is 10.8. The molecule has 78 valence electrons. The van der Waals surface area contributed by atoms with Crippen LogP contribution in [-0.4, -0.2) is 5.11 Å². The highest BCUT2D eigenvalue weighted by Crippen LogP contribution is 2.28. The molecule has 1 aromatic heterocycles. The predicted molar refractivity (Wildman–Crippen MR) is 61.5 cm³/mol. The molecule has 0 saturated heterocycles. The van der Waals surface area contributed by atoms with E-state index in [9.17, 15) is 9.90 Å². The number of aryl methyl sites for hydroxylation is 1. The molecule has 0 radical (unpaired) electrons. The molecule has 0 spiro atoms. The highest BCUT2D eigenvalue weighted by molar-refractivity contribution is 9.08. The molecule has 1 N–H and O–H groups in total. The van der Waals surface area contributed by atoms with Crippen molar-refractivity contribution in [2.75, 3.05) is 0 Å². The summed E-state index contributed by atoms with van der Waals surface area (Å²) in [4.78, 5) is 11.3. The van der Waals surface area contributed by atoms with E-state index in [2.05, 4.69) is 15.9 Å². The molecule has 0 aliphatic carbocycles. The average Bonchev–Trinajstić information content (AvgIpc) is 2.21. The second-order valence-electron chi connectivity index (χ2n) is 3.33. The molecule has 0 aliphatic rings. The van der Waals surface area contributed by atoms with Gasteiger partial charge in [-0.1, -0.05) is 15.9 Å². The fourth-order valence-corrected chi connectivity index (χ4v) is 2.01. The molecule has 15 heavy (non-hydrogen) atoms. The number of fused-ring (bicyclic) bond motifs is 1. The van der Waals surface area contributed by atoms with Crippen LogP contribution in [0.5, 0.6) is 5.75 Å². The molecule has 1 heterocycles. The van der Waals surface area contributed by atoms with Gasteiger partial charge in [0.2, 0.25) is 0 Å². The fourth-order valence-electron chi connectivity index (χ4n) is 1.46. The Morgan fingerprint density at radius 2 is 2.20 bits per heavy atom. The van der Waals surface area contributed by atoms with Crippen LogP contribution in [0, 0.1) is 6.92 Å². The first kappa shape index (κ1) is 10.2. The van der Waals surface area contributed by atoms with Gasteiger partial charge in [-0.05, 0) is 25.1 Å². The lowest BCUT2D eigenvalue weighted by Gasteiger charge is -2.04. The monoisotopic (exact) mass is 268 g/mol. The Kier molecular flexibility index (Phi) is 2.52. The van der Waals surface area contributed by atoms with Gasteiger partial charge in [-0.25, -0.2) is 4.79 Å². The lowest BCUT2D eigenvalue weighted by molar-refractivity contribution is 0.467. The second-order valence-corrected chi connectivity index (χ2v) is 3.89. The van der Waals surface area contributed by atoms with E-state index in [0.717, 1.165) is 5.39 Å². The van der Waals surface area contributed by atoms with Crippen molar-refractivity contribution in [3.63, 3.8) is 0 Å². The zero-order valence-electron chi connectivity index (χ0n) is 8.08. The van der Waals surface area contributed by atoms with Gasteiger partial charge >= 0.3 is 5.63 Å². The highest BCUT2D eigenvalue weighted by Gasteiger charge is 2.09. The molecule has 2 aromatic rings. The summed E-state index contributed by atoms with van der Waals surface area (Å²) in [6, 6.07) is 5.08. The third-order valence-electron chi connectivity index (χ3n) is 2.29. The Bertz CT molecular complexity index is 572. The smallest absolute Gasteiger partial charge is 0.339 e. The van der Waals surface area contributed by atoms with E-state index in [0.29, 0.717) is 22.0 Å². The summed E-state index contributed by atoms with van der Waals surface area (Å²) in [7, 11) is 0. The SMILES string of the molecule is Cc1cc2ccc(O)c(CBr)c2oc1=O. The lowest BCUT2D eigenvalue weighted by Crippen LogP contribution is -2.02. The molecular weight excluding hydrogens is 260 g/mol. The minimum Gasteiger partial charge on any atom is -0.507 e. The van der Waals surface area contributed by atoms with E-state index in [1.54, 1.807) is 25.1 Å². The van der Waals surface area contributed by atoms with E-state index in [1.165, 1.54) is 0 Å². The van der Waals surface area contributed by atoms with Crippen molar-refractivity contribution < 1.29 is 9.52 Å². The number of hydrogen-bond acceptors (Lipinski definition) is 3. The van der Waals surface area contributed by atoms with Crippen molar-refractivity contribution >= 4 is 26.9 Å². The summed E-state index contributed by atoms with van der Waals surface area (Å²) in [5.41, 5.74) is 1.25. The second kappa shape index (κ2) is 3.70. The normalized spacial score (nSPS) is 10.8. The molecule has 0 aliphatic heterocycles. The Morgan fingerprint density at radius 1 is 1.47 bits per heavy atom. The van der Waals surface area contributed by atoms with Crippen LogP contribution in [-0.2, 0) is 5.33 Å². The lowest BCUT2D eigenvalue weighted by atomic mass is 10.1. The number of halogens is 1. The maximum Gasteiger partial charge on any atom is 0.339 e. The van der Waals surface area contributed by atoms with Crippen LogP contribution in [0.15, 0.2) is 27.4 Å². The maximum atomic E-state index is 11.3. The van der Waals surface area contributed by atoms with Gasteiger partial charge in [-0.3, -0.25) is 0 Å². The highest BCUT2D eigenvalue weighted by atomic mass is 79.9. The van der Waals surface area contributed by atoms with E-state index >= 15 is 0 Å². The Balaban J connectivity index is 2.92. The van der Waals surface area contributed by atoms with Gasteiger partial charge in [0.25, 0.3) is 0 Å². The predicted octanol–water partition coefficient (Wildman–Crippen LogP) is 2.70. The summed E-state index contributed by atoms with van der Waals surface area (Å²) in [6.45, 7) is 1.70. The quantitative estimate of drug-likeness (QED) is 0.639. The Labute approximate surface area is 94.5 Å². The summed E-state index contributed by atoms with van der Waals surface area (Å²) in [5.74, 6) is 0.131. The fraction of sp³-hybridized carbons (Fsp3) is 0.182. The molecule has 1 aromatic carbocycles. The first-order chi connectivity index (χ1) is 7.13. The van der Waals surface area contributed by atoms with E-state index in [-0.39, 0.29) is 11.4 Å². The maximum absolute atomic E-state index is 11.3. The van der Waals surface area contributed by atoms with Crippen LogP contribution in [0.3, 0.4) is 0 Å². The first-order valence-corrected chi connectivity index (χ1v) is 5.57. The molecule has 4 heteroatoms. The third-order valence-corrected chi connectivity index (χ3v) is 2.85. The molecule has 0 amide bonds. The van der Waals surface area contributed by atoms with Crippen LogP contribution < -0.4 is 5.63 Å². The summed E-state index contributed by atoms with van der Waals surface area (Å²) in [6.07, 6.45) is 0. The van der Waals surface area contributed by atoms with Crippen molar-refractivity contribution in [3.8, 4) is 5.75 Å². The van der Waals surface area contributed by atoms with Crippen molar-refractivity contribution in [1.29, 1.82) is 0 Å². The average molecular weight is 269 g/mol. The summed E-state index contributed by atoms with van der Waals surface area (Å²) >= 11 is 3.25. The number of aromatic hydroxyl groups is 1. The van der Waals surface area contributed by atoms with Crippen molar-refractivity contribution in [2.24, 2.45) is 0 Å². The topological polar surface area (TPSA) is 50.4 Å². The van der Waals surface area contributed by atoms with E-state index in [4.69, 9.17) is 4.42 Å². The number of rotatable bonds is 1. The van der Waals surface area contributed by atoms with E-state index in [1.807, 2.05) is 0 Å². The van der Waals surface area contributed by atoms with Crippen LogP contribution in [0.1, 0.15) is 11.1 Å². The molecule has 2 rings (SSSR count). The van der Waals surface area contributed by atoms with Crippen molar-refractivity contribution in [2.45, 2.75) is 12.3 Å². The van der Waals surface area contributed by atoms with Crippen LogP contribution in [0.2, 0.25) is 0 Å². The molecule has 0 fully saturated rings. The van der Waals surface area contributed by atoms with Crippen molar-refractivity contribution in [1.82, 2.24) is 0 Å². The van der Waals surface area contributed by atoms with Crippen molar-refractivity contribution in [3.05, 3.63) is 39.7 Å². The molecular formula is C11H9BrO3. The number of hydrogen-bond donors (Lipinski definition) is 1. The van der Waals surface area contributed by atoms with Crippen LogP contribution in [0.25, 0.3) is 11.0 Å². The minimum atomic E-state index is -0.365. The van der Waals surface area contributed by atoms with Gasteiger partial charge in [0.15, 0.2) is 0 Å². The number of benzene rings is 1. The summed E-state index contributed by atoms with van der Waals surface area (Å²) < 4.78 is 5.15. The van der Waals surface area contributed by atoms with Gasteiger partial charge in [0, 0.05) is 21.8 Å². The van der Waals surface area contributed by atoms with Gasteiger partial charge in [-0.2, -0.15) is 0 Å². The Hall–Kier alpha value is -1.29. The Morgan fingerprint density at radius 3 is 2.87 bits per heavy atom. The number of phenols is 1. The zero-order valence-corrected chi connectivity index (χ0v) is 9.67. The first-order valence-electron chi connectivity index (χ1n) is 4.44. The third kappa shape index (κ3) is 1.65. The standard InChI is InChI=1S/C11H9BrO3/c1-6-4-7-2-3-9(13)8(5-12)10(7)15-11(6)14/h2-4,13H,5H2,1H3. The van der Waals surface area contributed by atoms with Gasteiger partial charge in [-0.15, -0.1) is 0 Å². The zero-order chi connectivity index (χ0) is 11.0. The van der Waals surface area contributed by atoms with Gasteiger partial charge in [0.1, 0.15) is 11.3 Å². The minimum absolute atomic E-state index is 0.131. The number of phenolic OH excluding ortho intramolecular Hbond substituents is 1. The number of alkyl halides is 1. The van der Waals surface area contributed by atoms with Gasteiger partial charge < -0.3 is 9.52 Å².